The summed E-state index contributed by atoms with van der Waals surface area (Å²) in [6, 6.07) is 33.2. The molecule has 0 unspecified atom stereocenters. The first-order valence-corrected chi connectivity index (χ1v) is 17.9. The standard InChI is InChI=1S/C44H49NO3/c1-31-9-8-24-43(2)41(22-25-44(43,48)30-45-26-23-34-12-6-7-13-37(34)29-45)39-21-15-32(27-38(46)20-14-31)28-40(39)42(47)36-18-16-35(17-19-36)33-10-4-3-5-11-33/h3-7,9-13,15-19,21,28,38,41,46,48H,8,14,20,22-27,29-30H2,1-2H3/t38-,41-,43-,44+/m0/s1. The maximum Gasteiger partial charge on any atom is 0.193 e. The Balaban J connectivity index is 1.26. The number of β-amino-alcohol motifs (C(OH)–C–C–N with tert-alkyl or cyclic N) is 1. The molecule has 1 saturated carbocycles. The summed E-state index contributed by atoms with van der Waals surface area (Å²) in [4.78, 5) is 17.0. The van der Waals surface area contributed by atoms with Crippen LogP contribution >= 0.6 is 0 Å². The number of carbonyl (C=O) groups is 1. The van der Waals surface area contributed by atoms with Gasteiger partial charge < -0.3 is 10.2 Å². The van der Waals surface area contributed by atoms with Gasteiger partial charge in [-0.25, -0.2) is 0 Å². The molecule has 4 aliphatic rings. The van der Waals surface area contributed by atoms with Gasteiger partial charge in [-0.15, -0.1) is 0 Å². The fourth-order valence-electron chi connectivity index (χ4n) is 8.86. The third-order valence-electron chi connectivity index (χ3n) is 11.9. The SMILES string of the molecule is CC1=CCC[C@@]2(C)[C@@H](CC[C@@]2(O)CN2CCc3ccccc3C2)c2ccc(cc2C(=O)c2ccc(-c3ccccc3)cc2)C[C@@H](O)CC1. The Kier molecular flexibility index (Phi) is 9.26. The van der Waals surface area contributed by atoms with Crippen molar-refractivity contribution in [1.29, 1.82) is 0 Å². The highest BCUT2D eigenvalue weighted by molar-refractivity contribution is 6.10. The van der Waals surface area contributed by atoms with Crippen molar-refractivity contribution in [3.8, 4) is 11.1 Å². The van der Waals surface area contributed by atoms with Gasteiger partial charge in [0.25, 0.3) is 0 Å². The summed E-state index contributed by atoms with van der Waals surface area (Å²) >= 11 is 0. The van der Waals surface area contributed by atoms with E-state index in [1.165, 1.54) is 16.7 Å². The summed E-state index contributed by atoms with van der Waals surface area (Å²) in [5.41, 5.74) is 8.34. The number of aliphatic hydroxyl groups excluding tert-OH is 1. The van der Waals surface area contributed by atoms with E-state index in [1.54, 1.807) is 0 Å². The van der Waals surface area contributed by atoms with E-state index in [4.69, 9.17) is 0 Å². The molecule has 4 heteroatoms. The highest BCUT2D eigenvalue weighted by Gasteiger charge is 2.57. The van der Waals surface area contributed by atoms with E-state index >= 15 is 0 Å². The molecule has 48 heavy (non-hydrogen) atoms. The molecule has 0 radical (unpaired) electrons. The second-order valence-electron chi connectivity index (χ2n) is 14.9. The molecule has 1 aliphatic heterocycles. The molecular formula is C44H49NO3. The zero-order valence-corrected chi connectivity index (χ0v) is 28.5. The summed E-state index contributed by atoms with van der Waals surface area (Å²) in [6.45, 7) is 6.89. The topological polar surface area (TPSA) is 60.8 Å². The number of rotatable bonds is 5. The number of allylic oxidation sites excluding steroid dienone is 2. The van der Waals surface area contributed by atoms with E-state index in [0.29, 0.717) is 36.9 Å². The second-order valence-corrected chi connectivity index (χ2v) is 14.9. The summed E-state index contributed by atoms with van der Waals surface area (Å²) in [5, 5.41) is 23.8. The van der Waals surface area contributed by atoms with Crippen molar-refractivity contribution in [3.63, 3.8) is 0 Å². The average Bonchev–Trinajstić information content (AvgIpc) is 3.35. The van der Waals surface area contributed by atoms with Crippen LogP contribution in [0.5, 0.6) is 0 Å². The van der Waals surface area contributed by atoms with Crippen LogP contribution in [-0.2, 0) is 19.4 Å². The summed E-state index contributed by atoms with van der Waals surface area (Å²) < 4.78 is 0. The summed E-state index contributed by atoms with van der Waals surface area (Å²) in [5.74, 6) is 0.0342. The van der Waals surface area contributed by atoms with Crippen molar-refractivity contribution < 1.29 is 15.0 Å². The second kappa shape index (κ2) is 13.6. The van der Waals surface area contributed by atoms with Crippen LogP contribution in [0.4, 0.5) is 0 Å². The van der Waals surface area contributed by atoms with Crippen LogP contribution in [-0.4, -0.2) is 45.7 Å². The van der Waals surface area contributed by atoms with Crippen LogP contribution in [0, 0.1) is 5.41 Å². The molecule has 4 atom stereocenters. The molecule has 2 N–H and O–H groups in total. The molecule has 1 heterocycles. The zero-order valence-electron chi connectivity index (χ0n) is 28.5. The Morgan fingerprint density at radius 1 is 0.854 bits per heavy atom. The van der Waals surface area contributed by atoms with Crippen LogP contribution in [0.1, 0.15) is 96.5 Å². The number of hydrogen-bond acceptors (Lipinski definition) is 4. The minimum atomic E-state index is -0.894. The fraction of sp³-hybridized carbons (Fsp3) is 0.386. The molecule has 248 valence electrons. The minimum absolute atomic E-state index is 0.00853. The van der Waals surface area contributed by atoms with E-state index in [-0.39, 0.29) is 11.7 Å². The largest absolute Gasteiger partial charge is 0.393 e. The Morgan fingerprint density at radius 3 is 2.38 bits per heavy atom. The Hall–Kier alpha value is -3.83. The Bertz CT molecular complexity index is 1790. The van der Waals surface area contributed by atoms with Gasteiger partial charge in [-0.2, -0.15) is 0 Å². The van der Waals surface area contributed by atoms with Gasteiger partial charge in [0.15, 0.2) is 5.78 Å². The number of carbonyl (C=O) groups excluding carboxylic acids is 1. The highest BCUT2D eigenvalue weighted by Crippen LogP contribution is 2.59. The van der Waals surface area contributed by atoms with E-state index in [0.717, 1.165) is 67.4 Å². The number of fused-ring (bicyclic) bond motifs is 9. The normalized spacial score (nSPS) is 26.3. The van der Waals surface area contributed by atoms with E-state index in [9.17, 15) is 15.0 Å². The van der Waals surface area contributed by atoms with Crippen molar-refractivity contribution in [2.24, 2.45) is 5.41 Å². The number of aliphatic hydroxyl groups is 2. The van der Waals surface area contributed by atoms with Gasteiger partial charge in [0.05, 0.1) is 11.7 Å². The van der Waals surface area contributed by atoms with E-state index < -0.39 is 17.1 Å². The molecule has 1 fully saturated rings. The predicted octanol–water partition coefficient (Wildman–Crippen LogP) is 8.68. The molecule has 0 spiro atoms. The van der Waals surface area contributed by atoms with Crippen molar-refractivity contribution in [1.82, 2.24) is 4.90 Å². The van der Waals surface area contributed by atoms with Gasteiger partial charge in [0.2, 0.25) is 0 Å². The van der Waals surface area contributed by atoms with Crippen molar-refractivity contribution in [3.05, 3.63) is 142 Å². The molecule has 8 rings (SSSR count). The van der Waals surface area contributed by atoms with Gasteiger partial charge in [-0.3, -0.25) is 9.69 Å². The summed E-state index contributed by atoms with van der Waals surface area (Å²) in [7, 11) is 0. The van der Waals surface area contributed by atoms with Crippen LogP contribution < -0.4 is 0 Å². The molecule has 0 amide bonds. The predicted molar refractivity (Wildman–Crippen MR) is 194 cm³/mol. The number of ketones is 1. The third-order valence-corrected chi connectivity index (χ3v) is 11.9. The van der Waals surface area contributed by atoms with Gasteiger partial charge in [-0.05, 0) is 104 Å². The van der Waals surface area contributed by atoms with Crippen LogP contribution in [0.2, 0.25) is 0 Å². The molecule has 0 saturated heterocycles. The van der Waals surface area contributed by atoms with Gasteiger partial charge in [-0.1, -0.05) is 110 Å². The van der Waals surface area contributed by atoms with Gasteiger partial charge >= 0.3 is 0 Å². The lowest BCUT2D eigenvalue weighted by Crippen LogP contribution is -2.53. The lowest BCUT2D eigenvalue weighted by molar-refractivity contribution is -0.0856. The fourth-order valence-corrected chi connectivity index (χ4v) is 8.86. The van der Waals surface area contributed by atoms with Crippen molar-refractivity contribution in [2.75, 3.05) is 13.1 Å². The number of nitrogens with zero attached hydrogens (tertiary/aromatic N) is 1. The van der Waals surface area contributed by atoms with E-state index in [2.05, 4.69) is 73.4 Å². The average molecular weight is 640 g/mol. The number of benzene rings is 4. The molecule has 0 aromatic heterocycles. The third kappa shape index (κ3) is 6.46. The smallest absolute Gasteiger partial charge is 0.193 e. The van der Waals surface area contributed by atoms with Gasteiger partial charge in [0, 0.05) is 36.2 Å². The Labute approximate surface area is 286 Å². The highest BCUT2D eigenvalue weighted by atomic mass is 16.3. The molecule has 4 aromatic rings. The van der Waals surface area contributed by atoms with Crippen LogP contribution in [0.15, 0.2) is 109 Å². The summed E-state index contributed by atoms with van der Waals surface area (Å²) in [6.07, 6.45) is 8.13. The number of hydrogen-bond donors (Lipinski definition) is 2. The quantitative estimate of drug-likeness (QED) is 0.169. The first-order valence-electron chi connectivity index (χ1n) is 17.9. The lowest BCUT2D eigenvalue weighted by atomic mass is 9.64. The zero-order chi connectivity index (χ0) is 33.3. The van der Waals surface area contributed by atoms with Gasteiger partial charge in [0.1, 0.15) is 0 Å². The molecule has 4 nitrogen and oxygen atoms in total. The maximum atomic E-state index is 14.5. The Morgan fingerprint density at radius 2 is 1.58 bits per heavy atom. The van der Waals surface area contributed by atoms with Crippen LogP contribution in [0.3, 0.4) is 0 Å². The minimum Gasteiger partial charge on any atom is -0.393 e. The van der Waals surface area contributed by atoms with Crippen molar-refractivity contribution in [2.45, 2.75) is 89.4 Å². The molecule has 4 aromatic carbocycles. The monoisotopic (exact) mass is 639 g/mol. The molecular weight excluding hydrogens is 590 g/mol. The first kappa shape index (κ1) is 32.7. The molecule has 3 aliphatic carbocycles. The van der Waals surface area contributed by atoms with E-state index in [1.807, 2.05) is 48.5 Å². The molecule has 2 bridgehead atoms. The lowest BCUT2D eigenvalue weighted by Gasteiger charge is -2.47. The van der Waals surface area contributed by atoms with Crippen LogP contribution in [0.25, 0.3) is 11.1 Å². The first-order chi connectivity index (χ1) is 23.2. The maximum absolute atomic E-state index is 14.5. The van der Waals surface area contributed by atoms with Crippen molar-refractivity contribution >= 4 is 5.78 Å².